The van der Waals surface area contributed by atoms with Crippen LogP contribution in [0, 0.1) is 15.9 Å². The number of benzene rings is 2. The Morgan fingerprint density at radius 2 is 1.93 bits per heavy atom. The van der Waals surface area contributed by atoms with Crippen LogP contribution in [0.1, 0.15) is 16.8 Å². The number of nitrogens with one attached hydrogen (secondary N) is 2. The highest BCUT2D eigenvalue weighted by molar-refractivity contribution is 7.98. The van der Waals surface area contributed by atoms with E-state index >= 15 is 0 Å². The van der Waals surface area contributed by atoms with Gasteiger partial charge in [0.1, 0.15) is 11.9 Å². The highest BCUT2D eigenvalue weighted by Gasteiger charge is 2.22. The summed E-state index contributed by atoms with van der Waals surface area (Å²) in [6.07, 6.45) is 2.24. The molecule has 0 aliphatic carbocycles. The monoisotopic (exact) mass is 391 g/mol. The summed E-state index contributed by atoms with van der Waals surface area (Å²) < 4.78 is 13.0. The number of nitro benzene ring substituents is 1. The number of rotatable bonds is 8. The second-order valence-corrected chi connectivity index (χ2v) is 6.60. The van der Waals surface area contributed by atoms with Gasteiger partial charge in [-0.3, -0.25) is 19.7 Å². The molecular weight excluding hydrogens is 373 g/mol. The minimum Gasteiger partial charge on any atom is -0.340 e. The molecule has 2 aromatic rings. The summed E-state index contributed by atoms with van der Waals surface area (Å²) in [7, 11) is 0. The van der Waals surface area contributed by atoms with Crippen molar-refractivity contribution >= 4 is 35.0 Å². The van der Waals surface area contributed by atoms with Gasteiger partial charge in [0.15, 0.2) is 0 Å². The molecule has 2 amide bonds. The maximum absolute atomic E-state index is 13.0. The summed E-state index contributed by atoms with van der Waals surface area (Å²) in [5.74, 6) is -0.837. The van der Waals surface area contributed by atoms with Crippen LogP contribution in [0.25, 0.3) is 0 Å². The van der Waals surface area contributed by atoms with Gasteiger partial charge >= 0.3 is 0 Å². The SMILES string of the molecule is CSCC[C@H](NC(=O)c1cccc([N+](=O)[O-])c1)C(=O)Nc1ccc(F)cc1. The highest BCUT2D eigenvalue weighted by Crippen LogP contribution is 2.14. The van der Waals surface area contributed by atoms with Crippen molar-refractivity contribution in [3.05, 3.63) is 70.0 Å². The van der Waals surface area contributed by atoms with E-state index in [0.29, 0.717) is 17.9 Å². The van der Waals surface area contributed by atoms with E-state index in [-0.39, 0.29) is 11.3 Å². The highest BCUT2D eigenvalue weighted by atomic mass is 32.2. The fraction of sp³-hybridized carbons (Fsp3) is 0.222. The Balaban J connectivity index is 2.11. The molecule has 0 spiro atoms. The Bertz CT molecular complexity index is 830. The third kappa shape index (κ3) is 6.07. The number of hydrogen-bond donors (Lipinski definition) is 2. The second-order valence-electron chi connectivity index (χ2n) is 5.61. The molecule has 0 aliphatic heterocycles. The number of nitrogens with zero attached hydrogens (tertiary/aromatic N) is 1. The van der Waals surface area contributed by atoms with E-state index in [4.69, 9.17) is 0 Å². The lowest BCUT2D eigenvalue weighted by atomic mass is 10.1. The maximum Gasteiger partial charge on any atom is 0.270 e. The van der Waals surface area contributed by atoms with Gasteiger partial charge in [0.25, 0.3) is 11.6 Å². The number of non-ortho nitro benzene ring substituents is 1. The Kier molecular flexibility index (Phi) is 7.30. The average molecular weight is 391 g/mol. The molecule has 7 nitrogen and oxygen atoms in total. The van der Waals surface area contributed by atoms with Gasteiger partial charge in [0.2, 0.25) is 5.91 Å². The Labute approximate surface area is 159 Å². The predicted molar refractivity (Wildman–Crippen MR) is 102 cm³/mol. The molecule has 2 aromatic carbocycles. The smallest absolute Gasteiger partial charge is 0.270 e. The Morgan fingerprint density at radius 3 is 2.56 bits per heavy atom. The first-order valence-electron chi connectivity index (χ1n) is 8.01. The maximum atomic E-state index is 13.0. The minimum atomic E-state index is -0.839. The summed E-state index contributed by atoms with van der Waals surface area (Å²) in [5.41, 5.74) is 0.284. The lowest BCUT2D eigenvalue weighted by molar-refractivity contribution is -0.384. The van der Waals surface area contributed by atoms with Crippen LogP contribution in [0.3, 0.4) is 0 Å². The van der Waals surface area contributed by atoms with Gasteiger partial charge in [0, 0.05) is 23.4 Å². The van der Waals surface area contributed by atoms with Gasteiger partial charge in [-0.05, 0) is 48.8 Å². The first kappa shape index (κ1) is 20.4. The number of thioether (sulfide) groups is 1. The standard InChI is InChI=1S/C18H18FN3O4S/c1-27-10-9-16(18(24)20-14-7-5-13(19)6-8-14)21-17(23)12-3-2-4-15(11-12)22(25)26/h2-8,11,16H,9-10H2,1H3,(H,20,24)(H,21,23)/t16-/m0/s1. The fourth-order valence-corrected chi connectivity index (χ4v) is 2.74. The predicted octanol–water partition coefficient (Wildman–Crippen LogP) is 3.22. The van der Waals surface area contributed by atoms with Crippen LogP contribution in [0.5, 0.6) is 0 Å². The molecule has 0 aromatic heterocycles. The number of halogens is 1. The van der Waals surface area contributed by atoms with Crippen molar-refractivity contribution < 1.29 is 18.9 Å². The normalized spacial score (nSPS) is 11.5. The number of amides is 2. The Hall–Kier alpha value is -2.94. The molecule has 9 heteroatoms. The van der Waals surface area contributed by atoms with Crippen LogP contribution in [-0.4, -0.2) is 34.8 Å². The molecule has 1 atom stereocenters. The van der Waals surface area contributed by atoms with Gasteiger partial charge in [-0.25, -0.2) is 4.39 Å². The molecule has 0 saturated carbocycles. The van der Waals surface area contributed by atoms with Gasteiger partial charge in [-0.15, -0.1) is 0 Å². The summed E-state index contributed by atoms with van der Waals surface area (Å²) in [6.45, 7) is 0. The van der Waals surface area contributed by atoms with Gasteiger partial charge < -0.3 is 10.6 Å². The van der Waals surface area contributed by atoms with E-state index in [1.807, 2.05) is 6.26 Å². The molecule has 0 unspecified atom stereocenters. The molecule has 2 N–H and O–H groups in total. The number of carbonyl (C=O) groups excluding carboxylic acids is 2. The minimum absolute atomic E-state index is 0.0907. The zero-order valence-electron chi connectivity index (χ0n) is 14.5. The van der Waals surface area contributed by atoms with E-state index in [9.17, 15) is 24.1 Å². The Morgan fingerprint density at radius 1 is 1.22 bits per heavy atom. The first-order chi connectivity index (χ1) is 12.9. The molecule has 0 fully saturated rings. The van der Waals surface area contributed by atoms with Crippen LogP contribution in [0.4, 0.5) is 15.8 Å². The van der Waals surface area contributed by atoms with Crippen molar-refractivity contribution in [1.29, 1.82) is 0 Å². The zero-order chi connectivity index (χ0) is 19.8. The van der Waals surface area contributed by atoms with Crippen LogP contribution < -0.4 is 10.6 Å². The van der Waals surface area contributed by atoms with E-state index < -0.39 is 28.6 Å². The van der Waals surface area contributed by atoms with Crippen LogP contribution in [0.15, 0.2) is 48.5 Å². The van der Waals surface area contributed by atoms with Crippen LogP contribution in [-0.2, 0) is 4.79 Å². The lowest BCUT2D eigenvalue weighted by Crippen LogP contribution is -2.44. The summed E-state index contributed by atoms with van der Waals surface area (Å²) in [6, 6.07) is 9.70. The van der Waals surface area contributed by atoms with E-state index in [0.717, 1.165) is 6.07 Å². The lowest BCUT2D eigenvalue weighted by Gasteiger charge is -2.18. The van der Waals surface area contributed by atoms with E-state index in [1.165, 1.54) is 54.2 Å². The number of nitro groups is 1. The molecule has 0 aliphatic rings. The molecule has 142 valence electrons. The van der Waals surface area contributed by atoms with E-state index in [1.54, 1.807) is 0 Å². The molecule has 0 heterocycles. The number of carbonyl (C=O) groups is 2. The molecule has 2 rings (SSSR count). The van der Waals surface area contributed by atoms with Gasteiger partial charge in [0.05, 0.1) is 4.92 Å². The molecule has 0 bridgehead atoms. The molecule has 27 heavy (non-hydrogen) atoms. The largest absolute Gasteiger partial charge is 0.340 e. The molecule has 0 radical (unpaired) electrons. The number of anilines is 1. The van der Waals surface area contributed by atoms with Crippen molar-refractivity contribution in [3.8, 4) is 0 Å². The van der Waals surface area contributed by atoms with Crippen molar-refractivity contribution in [2.75, 3.05) is 17.3 Å². The molecular formula is C18H18FN3O4S. The van der Waals surface area contributed by atoms with Gasteiger partial charge in [-0.1, -0.05) is 6.07 Å². The van der Waals surface area contributed by atoms with Crippen molar-refractivity contribution in [1.82, 2.24) is 5.32 Å². The first-order valence-corrected chi connectivity index (χ1v) is 9.41. The second kappa shape index (κ2) is 9.67. The summed E-state index contributed by atoms with van der Waals surface area (Å²) in [4.78, 5) is 35.2. The van der Waals surface area contributed by atoms with Crippen molar-refractivity contribution in [3.63, 3.8) is 0 Å². The number of hydrogen-bond acceptors (Lipinski definition) is 5. The van der Waals surface area contributed by atoms with Crippen molar-refractivity contribution in [2.45, 2.75) is 12.5 Å². The fourth-order valence-electron chi connectivity index (χ4n) is 2.27. The van der Waals surface area contributed by atoms with E-state index in [2.05, 4.69) is 10.6 Å². The molecule has 0 saturated heterocycles. The third-order valence-electron chi connectivity index (χ3n) is 3.66. The topological polar surface area (TPSA) is 101 Å². The van der Waals surface area contributed by atoms with Crippen LogP contribution >= 0.6 is 11.8 Å². The third-order valence-corrected chi connectivity index (χ3v) is 4.31. The van der Waals surface area contributed by atoms with Gasteiger partial charge in [-0.2, -0.15) is 11.8 Å². The summed E-state index contributed by atoms with van der Waals surface area (Å²) >= 11 is 1.51. The quantitative estimate of drug-likeness (QED) is 0.531. The summed E-state index contributed by atoms with van der Waals surface area (Å²) in [5, 5.41) is 16.1. The van der Waals surface area contributed by atoms with Crippen molar-refractivity contribution in [2.24, 2.45) is 0 Å². The average Bonchev–Trinajstić information content (AvgIpc) is 2.66. The van der Waals surface area contributed by atoms with Crippen LogP contribution in [0.2, 0.25) is 0 Å². The zero-order valence-corrected chi connectivity index (χ0v) is 15.3.